The van der Waals surface area contributed by atoms with Crippen molar-refractivity contribution in [2.45, 2.75) is 12.5 Å². The smallest absolute Gasteiger partial charge is 0.151 e. The van der Waals surface area contributed by atoms with E-state index in [0.717, 1.165) is 0 Å². The lowest BCUT2D eigenvalue weighted by Crippen LogP contribution is -2.36. The monoisotopic (exact) mass is 247 g/mol. The summed E-state index contributed by atoms with van der Waals surface area (Å²) in [6.45, 7) is 2.21. The highest BCUT2D eigenvalue weighted by atomic mass is 35.5. The van der Waals surface area contributed by atoms with E-state index < -0.39 is 5.60 Å². The molecule has 1 rings (SSSR count). The molecule has 0 aromatic carbocycles. The van der Waals surface area contributed by atoms with Crippen LogP contribution in [-0.2, 0) is 0 Å². The minimum Gasteiger partial charge on any atom is -0.387 e. The lowest BCUT2D eigenvalue weighted by Gasteiger charge is -2.22. The van der Waals surface area contributed by atoms with Gasteiger partial charge >= 0.3 is 0 Å². The highest BCUT2D eigenvalue weighted by Crippen LogP contribution is 2.12. The van der Waals surface area contributed by atoms with Gasteiger partial charge in [0.15, 0.2) is 5.15 Å². The van der Waals surface area contributed by atoms with Gasteiger partial charge in [0.25, 0.3) is 0 Å². The summed E-state index contributed by atoms with van der Waals surface area (Å²) in [5, 5.41) is 20.8. The third kappa shape index (κ3) is 4.68. The molecule has 84 valence electrons. The fraction of sp³-hybridized carbons (Fsp3) is 0.556. The Morgan fingerprint density at radius 1 is 1.53 bits per heavy atom. The van der Waals surface area contributed by atoms with Crippen molar-refractivity contribution in [3.05, 3.63) is 17.3 Å². The van der Waals surface area contributed by atoms with Gasteiger partial charge in [-0.25, -0.2) is 0 Å². The molecule has 2 N–H and O–H groups in total. The molecule has 6 heteroatoms. The Morgan fingerprint density at radius 2 is 2.27 bits per heavy atom. The van der Waals surface area contributed by atoms with E-state index in [1.165, 1.54) is 0 Å². The molecule has 0 aliphatic carbocycles. The topological polar surface area (TPSA) is 58.0 Å². The summed E-state index contributed by atoms with van der Waals surface area (Å²) in [7, 11) is 0. The maximum Gasteiger partial charge on any atom is 0.151 e. The predicted octanol–water partition coefficient (Wildman–Crippen LogP) is 1.66. The number of thioether (sulfide) groups is 1. The zero-order chi connectivity index (χ0) is 11.3. The molecular formula is C9H14ClN3OS. The molecule has 15 heavy (non-hydrogen) atoms. The van der Waals surface area contributed by atoms with Gasteiger partial charge in [0, 0.05) is 12.3 Å². The number of hydrogen-bond donors (Lipinski definition) is 2. The van der Waals surface area contributed by atoms with Gasteiger partial charge in [-0.05, 0) is 25.3 Å². The number of halogens is 1. The molecule has 1 aromatic rings. The fourth-order valence-electron chi connectivity index (χ4n) is 1.05. The number of nitrogens with zero attached hydrogens (tertiary/aromatic N) is 2. The van der Waals surface area contributed by atoms with Crippen LogP contribution in [0.15, 0.2) is 12.1 Å². The molecule has 4 nitrogen and oxygen atoms in total. The largest absolute Gasteiger partial charge is 0.387 e. The molecule has 0 aliphatic rings. The third-order valence-corrected chi connectivity index (χ3v) is 2.85. The summed E-state index contributed by atoms with van der Waals surface area (Å²) < 4.78 is 0. The molecule has 0 amide bonds. The summed E-state index contributed by atoms with van der Waals surface area (Å²) in [5.41, 5.74) is -0.749. The number of rotatable bonds is 5. The zero-order valence-corrected chi connectivity index (χ0v) is 10.3. The molecule has 0 aliphatic heterocycles. The van der Waals surface area contributed by atoms with E-state index in [1.807, 2.05) is 6.26 Å². The van der Waals surface area contributed by atoms with Crippen LogP contribution < -0.4 is 5.32 Å². The normalized spacial score (nSPS) is 14.7. The van der Waals surface area contributed by atoms with E-state index in [-0.39, 0.29) is 0 Å². The first-order chi connectivity index (χ1) is 7.03. The zero-order valence-electron chi connectivity index (χ0n) is 8.70. The van der Waals surface area contributed by atoms with E-state index in [1.54, 1.807) is 30.8 Å². The maximum atomic E-state index is 9.87. The Hall–Kier alpha value is -0.520. The van der Waals surface area contributed by atoms with Crippen LogP contribution in [0.2, 0.25) is 5.15 Å². The van der Waals surface area contributed by atoms with Gasteiger partial charge in [-0.2, -0.15) is 11.8 Å². The Labute approximate surface area is 98.4 Å². The molecule has 1 unspecified atom stereocenters. The van der Waals surface area contributed by atoms with Crippen LogP contribution in [-0.4, -0.2) is 39.5 Å². The summed E-state index contributed by atoms with van der Waals surface area (Å²) >= 11 is 7.20. The van der Waals surface area contributed by atoms with Crippen LogP contribution in [0.5, 0.6) is 0 Å². The van der Waals surface area contributed by atoms with Gasteiger partial charge in [0.2, 0.25) is 0 Å². The lowest BCUT2D eigenvalue weighted by atomic mass is 10.1. The summed E-state index contributed by atoms with van der Waals surface area (Å²) in [6, 6.07) is 3.38. The number of hydrogen-bond acceptors (Lipinski definition) is 5. The van der Waals surface area contributed by atoms with Crippen LogP contribution in [0.4, 0.5) is 5.82 Å². The van der Waals surface area contributed by atoms with Crippen molar-refractivity contribution in [2.24, 2.45) is 0 Å². The van der Waals surface area contributed by atoms with Crippen LogP contribution in [0.1, 0.15) is 6.92 Å². The second-order valence-electron chi connectivity index (χ2n) is 3.52. The van der Waals surface area contributed by atoms with Crippen LogP contribution in [0.3, 0.4) is 0 Å². The van der Waals surface area contributed by atoms with Crippen molar-refractivity contribution >= 4 is 29.2 Å². The molecule has 0 saturated heterocycles. The highest BCUT2D eigenvalue weighted by Gasteiger charge is 2.19. The average Bonchev–Trinajstić information content (AvgIpc) is 2.17. The Balaban J connectivity index is 2.46. The molecule has 0 bridgehead atoms. The Bertz CT molecular complexity index is 305. The predicted molar refractivity (Wildman–Crippen MR) is 64.5 cm³/mol. The van der Waals surface area contributed by atoms with Gasteiger partial charge < -0.3 is 10.4 Å². The molecule has 0 spiro atoms. The number of nitrogens with one attached hydrogen (secondary N) is 1. The molecule has 0 saturated carbocycles. The molecule has 0 radical (unpaired) electrons. The molecular weight excluding hydrogens is 234 g/mol. The molecule has 1 atom stereocenters. The first kappa shape index (κ1) is 12.5. The average molecular weight is 248 g/mol. The molecule has 1 heterocycles. The van der Waals surface area contributed by atoms with Crippen molar-refractivity contribution < 1.29 is 5.11 Å². The maximum absolute atomic E-state index is 9.87. The minimum absolute atomic E-state index is 0.358. The number of aromatic nitrogens is 2. The van der Waals surface area contributed by atoms with Crippen molar-refractivity contribution in [3.8, 4) is 0 Å². The van der Waals surface area contributed by atoms with E-state index >= 15 is 0 Å². The van der Waals surface area contributed by atoms with E-state index in [0.29, 0.717) is 23.3 Å². The van der Waals surface area contributed by atoms with Gasteiger partial charge in [-0.1, -0.05) is 11.6 Å². The van der Waals surface area contributed by atoms with Crippen molar-refractivity contribution in [2.75, 3.05) is 23.9 Å². The van der Waals surface area contributed by atoms with Crippen LogP contribution in [0, 0.1) is 0 Å². The fourth-order valence-corrected chi connectivity index (χ4v) is 1.88. The second kappa shape index (κ2) is 5.53. The summed E-state index contributed by atoms with van der Waals surface area (Å²) in [6.07, 6.45) is 1.95. The molecule has 1 aromatic heterocycles. The van der Waals surface area contributed by atoms with E-state index in [2.05, 4.69) is 15.5 Å². The Kier molecular flexibility index (Phi) is 4.63. The number of aliphatic hydroxyl groups is 1. The summed E-state index contributed by atoms with van der Waals surface area (Å²) in [5.74, 6) is 1.28. The van der Waals surface area contributed by atoms with Crippen molar-refractivity contribution in [1.82, 2.24) is 10.2 Å². The third-order valence-electron chi connectivity index (χ3n) is 1.74. The highest BCUT2D eigenvalue weighted by molar-refractivity contribution is 7.98. The van der Waals surface area contributed by atoms with Gasteiger partial charge in [-0.15, -0.1) is 10.2 Å². The molecule has 0 fully saturated rings. The van der Waals surface area contributed by atoms with Crippen molar-refractivity contribution in [3.63, 3.8) is 0 Å². The van der Waals surface area contributed by atoms with Gasteiger partial charge in [-0.3, -0.25) is 0 Å². The van der Waals surface area contributed by atoms with Gasteiger partial charge in [0.05, 0.1) is 5.60 Å². The minimum atomic E-state index is -0.749. The van der Waals surface area contributed by atoms with E-state index in [9.17, 15) is 5.11 Å². The van der Waals surface area contributed by atoms with Crippen molar-refractivity contribution in [1.29, 1.82) is 0 Å². The van der Waals surface area contributed by atoms with Crippen LogP contribution in [0.25, 0.3) is 0 Å². The van der Waals surface area contributed by atoms with Crippen LogP contribution >= 0.6 is 23.4 Å². The van der Waals surface area contributed by atoms with Gasteiger partial charge in [0.1, 0.15) is 5.82 Å². The standard InChI is InChI=1S/C9H14ClN3OS/c1-9(14,6-15-2)5-11-8-4-3-7(10)12-13-8/h3-4,14H,5-6H2,1-2H3,(H,11,13). The van der Waals surface area contributed by atoms with E-state index in [4.69, 9.17) is 11.6 Å². The lowest BCUT2D eigenvalue weighted by molar-refractivity contribution is 0.0996. The first-order valence-corrected chi connectivity index (χ1v) is 6.25. The SMILES string of the molecule is CSCC(C)(O)CNc1ccc(Cl)nn1. The quantitative estimate of drug-likeness (QED) is 0.829. The number of anilines is 1. The Morgan fingerprint density at radius 3 is 2.80 bits per heavy atom. The first-order valence-electron chi connectivity index (χ1n) is 4.48. The summed E-state index contributed by atoms with van der Waals surface area (Å²) in [4.78, 5) is 0. The second-order valence-corrected chi connectivity index (χ2v) is 4.78.